The van der Waals surface area contributed by atoms with Crippen LogP contribution in [0.15, 0.2) is 21.2 Å². The Kier molecular flexibility index (Phi) is 6.08. The molecule has 1 aromatic heterocycles. The third kappa shape index (κ3) is 4.07. The highest BCUT2D eigenvalue weighted by Gasteiger charge is 2.27. The summed E-state index contributed by atoms with van der Waals surface area (Å²) in [5, 5.41) is 3.63. The van der Waals surface area contributed by atoms with Gasteiger partial charge in [-0.1, -0.05) is 6.92 Å². The molecule has 1 aromatic rings. The van der Waals surface area contributed by atoms with Crippen molar-refractivity contribution in [3.8, 4) is 0 Å². The predicted octanol–water partition coefficient (Wildman–Crippen LogP) is 2.72. The molecule has 0 bridgehead atoms. The van der Waals surface area contributed by atoms with Crippen LogP contribution in [-0.4, -0.2) is 56.1 Å². The van der Waals surface area contributed by atoms with Gasteiger partial charge in [-0.05, 0) is 55.5 Å². The Labute approximate surface area is 130 Å². The summed E-state index contributed by atoms with van der Waals surface area (Å²) in [6, 6.07) is 2.82. The molecule has 1 aliphatic rings. The average Bonchev–Trinajstić information content (AvgIpc) is 2.84. The molecule has 0 radical (unpaired) electrons. The quantitative estimate of drug-likeness (QED) is 0.860. The summed E-state index contributed by atoms with van der Waals surface area (Å²) in [6.45, 7) is 6.64. The maximum Gasteiger partial charge on any atom is 0.134 e. The van der Waals surface area contributed by atoms with Crippen molar-refractivity contribution in [1.82, 2.24) is 15.1 Å². The van der Waals surface area contributed by atoms with Gasteiger partial charge >= 0.3 is 0 Å². The van der Waals surface area contributed by atoms with E-state index in [0.717, 1.165) is 49.3 Å². The molecule has 1 saturated heterocycles. The van der Waals surface area contributed by atoms with Crippen molar-refractivity contribution in [2.75, 3.05) is 40.3 Å². The normalized spacial score (nSPS) is 23.1. The Morgan fingerprint density at radius 3 is 2.90 bits per heavy atom. The third-order valence-corrected chi connectivity index (χ3v) is 4.75. The number of likely N-dealkylation sites (N-methyl/N-ethyl adjacent to an activating group) is 2. The van der Waals surface area contributed by atoms with Gasteiger partial charge in [0, 0.05) is 25.7 Å². The molecule has 20 heavy (non-hydrogen) atoms. The molecule has 0 saturated carbocycles. The molecular weight excluding hydrogens is 318 g/mol. The van der Waals surface area contributed by atoms with Crippen LogP contribution in [0.1, 0.15) is 31.6 Å². The van der Waals surface area contributed by atoms with Gasteiger partial charge in [-0.25, -0.2) is 0 Å². The van der Waals surface area contributed by atoms with Crippen LogP contribution in [0.5, 0.6) is 0 Å². The van der Waals surface area contributed by atoms with Crippen molar-refractivity contribution in [2.45, 2.75) is 31.8 Å². The molecule has 2 unspecified atom stereocenters. The minimum absolute atomic E-state index is 0.276. The smallest absolute Gasteiger partial charge is 0.134 e. The summed E-state index contributed by atoms with van der Waals surface area (Å²) in [5.41, 5.74) is 0. The molecule has 2 atom stereocenters. The lowest BCUT2D eigenvalue weighted by Gasteiger charge is -2.39. The van der Waals surface area contributed by atoms with Crippen LogP contribution >= 0.6 is 15.9 Å². The fourth-order valence-electron chi connectivity index (χ4n) is 2.78. The fraction of sp³-hybridized carbons (Fsp3) is 0.733. The van der Waals surface area contributed by atoms with Gasteiger partial charge in [0.25, 0.3) is 0 Å². The average molecular weight is 344 g/mol. The summed E-state index contributed by atoms with van der Waals surface area (Å²) in [7, 11) is 4.43. The molecule has 5 heteroatoms. The SMILES string of the molecule is CCCNC(CC1CN(C)CCN1C)c1occc1Br. The van der Waals surface area contributed by atoms with E-state index < -0.39 is 0 Å². The number of rotatable bonds is 6. The molecular formula is C15H26BrN3O. The molecule has 0 aliphatic carbocycles. The van der Waals surface area contributed by atoms with Crippen LogP contribution in [0.4, 0.5) is 0 Å². The first-order valence-corrected chi connectivity index (χ1v) is 8.26. The van der Waals surface area contributed by atoms with Crippen LogP contribution in [-0.2, 0) is 0 Å². The van der Waals surface area contributed by atoms with Gasteiger partial charge in [-0.3, -0.25) is 0 Å². The zero-order valence-electron chi connectivity index (χ0n) is 12.7. The molecule has 1 fully saturated rings. The molecule has 0 spiro atoms. The van der Waals surface area contributed by atoms with Crippen LogP contribution in [0.25, 0.3) is 0 Å². The van der Waals surface area contributed by atoms with Crippen molar-refractivity contribution in [3.63, 3.8) is 0 Å². The van der Waals surface area contributed by atoms with Gasteiger partial charge in [0.1, 0.15) is 5.76 Å². The third-order valence-electron chi connectivity index (χ3n) is 4.09. The molecule has 2 rings (SSSR count). The first-order chi connectivity index (χ1) is 9.61. The van der Waals surface area contributed by atoms with Crippen molar-refractivity contribution >= 4 is 15.9 Å². The molecule has 0 amide bonds. The van der Waals surface area contributed by atoms with Crippen LogP contribution < -0.4 is 5.32 Å². The number of nitrogens with zero attached hydrogens (tertiary/aromatic N) is 2. The van der Waals surface area contributed by atoms with E-state index in [1.165, 1.54) is 0 Å². The van der Waals surface area contributed by atoms with Crippen LogP contribution in [0.3, 0.4) is 0 Å². The number of furan rings is 1. The molecule has 1 N–H and O–H groups in total. The Hall–Kier alpha value is -0.360. The Bertz CT molecular complexity index is 410. The van der Waals surface area contributed by atoms with Gasteiger partial charge in [0.15, 0.2) is 0 Å². The Morgan fingerprint density at radius 1 is 1.45 bits per heavy atom. The molecule has 4 nitrogen and oxygen atoms in total. The standard InChI is InChI=1S/C15H26BrN3O/c1-4-6-17-14(15-13(16)5-9-20-15)10-12-11-18(2)7-8-19(12)3/h5,9,12,14,17H,4,6-8,10-11H2,1-3H3. The second-order valence-electron chi connectivity index (χ2n) is 5.77. The van der Waals surface area contributed by atoms with E-state index in [1.807, 2.05) is 6.07 Å². The largest absolute Gasteiger partial charge is 0.466 e. The van der Waals surface area contributed by atoms with E-state index in [2.05, 4.69) is 52.1 Å². The highest BCUT2D eigenvalue weighted by atomic mass is 79.9. The van der Waals surface area contributed by atoms with Crippen molar-refractivity contribution in [1.29, 1.82) is 0 Å². The lowest BCUT2D eigenvalue weighted by atomic mass is 10.0. The zero-order chi connectivity index (χ0) is 14.5. The summed E-state index contributed by atoms with van der Waals surface area (Å²) in [5.74, 6) is 1.03. The van der Waals surface area contributed by atoms with Gasteiger partial charge in [-0.2, -0.15) is 0 Å². The number of nitrogens with one attached hydrogen (secondary N) is 1. The number of piperazine rings is 1. The van der Waals surface area contributed by atoms with Crippen LogP contribution in [0.2, 0.25) is 0 Å². The molecule has 0 aromatic carbocycles. The van der Waals surface area contributed by atoms with Crippen molar-refractivity contribution in [3.05, 3.63) is 22.6 Å². The number of halogens is 1. The monoisotopic (exact) mass is 343 g/mol. The number of hydrogen-bond acceptors (Lipinski definition) is 4. The van der Waals surface area contributed by atoms with E-state index in [4.69, 9.17) is 4.42 Å². The topological polar surface area (TPSA) is 31.6 Å². The number of hydrogen-bond donors (Lipinski definition) is 1. The highest BCUT2D eigenvalue weighted by Crippen LogP contribution is 2.29. The first kappa shape index (κ1) is 16.0. The highest BCUT2D eigenvalue weighted by molar-refractivity contribution is 9.10. The first-order valence-electron chi connectivity index (χ1n) is 7.46. The van der Waals surface area contributed by atoms with Crippen molar-refractivity contribution in [2.24, 2.45) is 0 Å². The second kappa shape index (κ2) is 7.59. The van der Waals surface area contributed by atoms with E-state index in [9.17, 15) is 0 Å². The fourth-order valence-corrected chi connectivity index (χ4v) is 3.26. The molecule has 2 heterocycles. The van der Waals surface area contributed by atoms with Gasteiger partial charge in [0.2, 0.25) is 0 Å². The van der Waals surface area contributed by atoms with Crippen LogP contribution in [0, 0.1) is 0 Å². The van der Waals surface area contributed by atoms with Gasteiger partial charge in [-0.15, -0.1) is 0 Å². The minimum atomic E-state index is 0.276. The maximum absolute atomic E-state index is 5.69. The molecule has 1 aliphatic heterocycles. The predicted molar refractivity (Wildman–Crippen MR) is 86.0 cm³/mol. The van der Waals surface area contributed by atoms with Crippen molar-refractivity contribution < 1.29 is 4.42 Å². The summed E-state index contributed by atoms with van der Waals surface area (Å²) in [4.78, 5) is 4.89. The second-order valence-corrected chi connectivity index (χ2v) is 6.63. The maximum atomic E-state index is 5.69. The Balaban J connectivity index is 2.05. The van der Waals surface area contributed by atoms with E-state index in [1.54, 1.807) is 6.26 Å². The lowest BCUT2D eigenvalue weighted by molar-refractivity contribution is 0.0987. The van der Waals surface area contributed by atoms with Gasteiger partial charge < -0.3 is 19.5 Å². The van der Waals surface area contributed by atoms with E-state index >= 15 is 0 Å². The molecule has 114 valence electrons. The lowest BCUT2D eigenvalue weighted by Crippen LogP contribution is -2.51. The van der Waals surface area contributed by atoms with E-state index in [0.29, 0.717) is 6.04 Å². The minimum Gasteiger partial charge on any atom is -0.466 e. The summed E-state index contributed by atoms with van der Waals surface area (Å²) < 4.78 is 6.75. The zero-order valence-corrected chi connectivity index (χ0v) is 14.3. The summed E-state index contributed by atoms with van der Waals surface area (Å²) >= 11 is 3.59. The van der Waals surface area contributed by atoms with Gasteiger partial charge in [0.05, 0.1) is 16.8 Å². The summed E-state index contributed by atoms with van der Waals surface area (Å²) in [6.07, 6.45) is 3.97. The Morgan fingerprint density at radius 2 is 2.25 bits per heavy atom. The van der Waals surface area contributed by atoms with E-state index in [-0.39, 0.29) is 6.04 Å².